The second-order valence-corrected chi connectivity index (χ2v) is 6.96. The number of nitrogens with one attached hydrogen (secondary N) is 1. The predicted molar refractivity (Wildman–Crippen MR) is 125 cm³/mol. The number of benzene rings is 2. The molecule has 1 N–H and O–H groups in total. The molecule has 168 valence electrons. The molecule has 2 aromatic heterocycles. The van der Waals surface area contributed by atoms with E-state index in [1.807, 2.05) is 36.4 Å². The van der Waals surface area contributed by atoms with Gasteiger partial charge in [0.25, 0.3) is 0 Å². The number of anilines is 1. The summed E-state index contributed by atoms with van der Waals surface area (Å²) in [6.45, 7) is 0. The summed E-state index contributed by atoms with van der Waals surface area (Å²) in [5, 5.41) is 7.53. The summed E-state index contributed by atoms with van der Waals surface area (Å²) in [6, 6.07) is 16.7. The monoisotopic (exact) mass is 445 g/mol. The van der Waals surface area contributed by atoms with Gasteiger partial charge in [-0.3, -0.25) is 4.79 Å². The first-order valence-corrected chi connectivity index (χ1v) is 10.1. The lowest BCUT2D eigenvalue weighted by molar-refractivity contribution is -0.111. The summed E-state index contributed by atoms with van der Waals surface area (Å²) in [4.78, 5) is 12.8. The number of furan rings is 1. The van der Waals surface area contributed by atoms with E-state index in [0.29, 0.717) is 28.8 Å². The Morgan fingerprint density at radius 1 is 1.00 bits per heavy atom. The van der Waals surface area contributed by atoms with Gasteiger partial charge in [0.1, 0.15) is 5.82 Å². The highest BCUT2D eigenvalue weighted by Crippen LogP contribution is 2.38. The third-order valence-corrected chi connectivity index (χ3v) is 4.89. The Balaban J connectivity index is 1.61. The zero-order chi connectivity index (χ0) is 23.2. The van der Waals surface area contributed by atoms with Crippen LogP contribution in [0, 0.1) is 0 Å². The summed E-state index contributed by atoms with van der Waals surface area (Å²) < 4.78 is 22.9. The van der Waals surface area contributed by atoms with Gasteiger partial charge in [-0.1, -0.05) is 18.2 Å². The van der Waals surface area contributed by atoms with Crippen LogP contribution in [0.15, 0.2) is 77.6 Å². The number of hydrogen-bond donors (Lipinski definition) is 1. The van der Waals surface area contributed by atoms with Gasteiger partial charge in [-0.05, 0) is 42.0 Å². The zero-order valence-electron chi connectivity index (χ0n) is 18.4. The zero-order valence-corrected chi connectivity index (χ0v) is 18.4. The minimum Gasteiger partial charge on any atom is -0.493 e. The number of ether oxygens (including phenoxy) is 3. The Morgan fingerprint density at radius 3 is 2.33 bits per heavy atom. The van der Waals surface area contributed by atoms with E-state index >= 15 is 0 Å². The summed E-state index contributed by atoms with van der Waals surface area (Å²) >= 11 is 0. The Labute approximate surface area is 191 Å². The third-order valence-electron chi connectivity index (χ3n) is 4.89. The molecule has 8 heteroatoms. The van der Waals surface area contributed by atoms with Gasteiger partial charge in [-0.2, -0.15) is 5.10 Å². The number of hydrogen-bond acceptors (Lipinski definition) is 6. The summed E-state index contributed by atoms with van der Waals surface area (Å²) in [5.41, 5.74) is 3.02. The van der Waals surface area contributed by atoms with Gasteiger partial charge >= 0.3 is 0 Å². The van der Waals surface area contributed by atoms with E-state index in [2.05, 4.69) is 10.4 Å². The third kappa shape index (κ3) is 4.74. The van der Waals surface area contributed by atoms with E-state index in [1.165, 1.54) is 13.2 Å². The number of carbonyl (C=O) groups is 1. The first-order chi connectivity index (χ1) is 16.1. The fourth-order valence-corrected chi connectivity index (χ4v) is 3.32. The average Bonchev–Trinajstić information content (AvgIpc) is 3.53. The molecule has 0 spiro atoms. The van der Waals surface area contributed by atoms with Crippen molar-refractivity contribution >= 4 is 17.8 Å². The van der Waals surface area contributed by atoms with Crippen LogP contribution in [-0.2, 0) is 4.79 Å². The highest BCUT2D eigenvalue weighted by molar-refractivity contribution is 6.02. The number of aromatic nitrogens is 2. The minimum absolute atomic E-state index is 0.320. The van der Waals surface area contributed by atoms with Crippen molar-refractivity contribution in [3.63, 3.8) is 0 Å². The molecule has 33 heavy (non-hydrogen) atoms. The van der Waals surface area contributed by atoms with Crippen LogP contribution in [0.5, 0.6) is 17.2 Å². The quantitative estimate of drug-likeness (QED) is 0.392. The summed E-state index contributed by atoms with van der Waals surface area (Å²) in [5.74, 6) is 1.70. The van der Waals surface area contributed by atoms with E-state index in [-0.39, 0.29) is 5.91 Å². The molecule has 0 saturated carbocycles. The van der Waals surface area contributed by atoms with Crippen molar-refractivity contribution < 1.29 is 23.4 Å². The maximum atomic E-state index is 12.8. The number of rotatable bonds is 8. The molecule has 4 aromatic rings. The van der Waals surface area contributed by atoms with Crippen molar-refractivity contribution in [2.45, 2.75) is 0 Å². The maximum absolute atomic E-state index is 12.8. The molecule has 0 aliphatic heterocycles. The maximum Gasteiger partial charge on any atom is 0.249 e. The van der Waals surface area contributed by atoms with Gasteiger partial charge in [0.15, 0.2) is 11.5 Å². The largest absolute Gasteiger partial charge is 0.493 e. The topological polar surface area (TPSA) is 87.8 Å². The minimum atomic E-state index is -0.320. The van der Waals surface area contributed by atoms with Crippen molar-refractivity contribution in [2.24, 2.45) is 0 Å². The molecule has 0 aliphatic rings. The van der Waals surface area contributed by atoms with Crippen molar-refractivity contribution in [3.8, 4) is 34.2 Å². The van der Waals surface area contributed by atoms with E-state index in [4.69, 9.17) is 18.6 Å². The number of nitrogens with zero attached hydrogens (tertiary/aromatic N) is 2. The Hall–Kier alpha value is -4.46. The van der Waals surface area contributed by atoms with Crippen molar-refractivity contribution in [1.82, 2.24) is 9.78 Å². The molecular formula is C25H23N3O5. The van der Waals surface area contributed by atoms with Gasteiger partial charge in [-0.25, -0.2) is 4.68 Å². The molecule has 0 saturated heterocycles. The molecule has 2 aromatic carbocycles. The molecule has 0 aliphatic carbocycles. The second kappa shape index (κ2) is 9.78. The molecule has 4 rings (SSSR count). The van der Waals surface area contributed by atoms with Gasteiger partial charge < -0.3 is 23.9 Å². The van der Waals surface area contributed by atoms with Crippen molar-refractivity contribution in [3.05, 3.63) is 78.8 Å². The van der Waals surface area contributed by atoms with Crippen LogP contribution in [0.1, 0.15) is 5.56 Å². The Morgan fingerprint density at radius 2 is 1.73 bits per heavy atom. The van der Waals surface area contributed by atoms with E-state index < -0.39 is 0 Å². The molecule has 0 radical (unpaired) electrons. The van der Waals surface area contributed by atoms with Gasteiger partial charge in [0, 0.05) is 17.7 Å². The molecule has 1 amide bonds. The highest BCUT2D eigenvalue weighted by Gasteiger charge is 2.15. The number of amides is 1. The molecule has 0 atom stereocenters. The predicted octanol–water partition coefficient (Wildman–Crippen LogP) is 4.81. The van der Waals surface area contributed by atoms with Crippen molar-refractivity contribution in [1.29, 1.82) is 0 Å². The van der Waals surface area contributed by atoms with Crippen LogP contribution in [-0.4, -0.2) is 37.0 Å². The normalized spacial score (nSPS) is 10.9. The smallest absolute Gasteiger partial charge is 0.249 e. The van der Waals surface area contributed by atoms with Gasteiger partial charge in [-0.15, -0.1) is 0 Å². The number of carbonyl (C=O) groups excluding carboxylic acids is 1. The van der Waals surface area contributed by atoms with E-state index in [9.17, 15) is 4.79 Å². The van der Waals surface area contributed by atoms with E-state index in [1.54, 1.807) is 55.7 Å². The molecule has 8 nitrogen and oxygen atoms in total. The Kier molecular flexibility index (Phi) is 6.45. The molecular weight excluding hydrogens is 422 g/mol. The molecule has 2 heterocycles. The van der Waals surface area contributed by atoms with Gasteiger partial charge in [0.2, 0.25) is 11.7 Å². The van der Waals surface area contributed by atoms with Crippen LogP contribution >= 0.6 is 0 Å². The van der Waals surface area contributed by atoms with Crippen LogP contribution in [0.25, 0.3) is 23.0 Å². The Bertz CT molecular complexity index is 1240. The SMILES string of the molecule is COc1cc(/C=C/C(=O)Nc2cc(-c3ccoc3)nn2-c2ccccc2)cc(OC)c1OC. The first kappa shape index (κ1) is 21.8. The van der Waals surface area contributed by atoms with Crippen LogP contribution in [0.2, 0.25) is 0 Å². The first-order valence-electron chi connectivity index (χ1n) is 10.1. The standard InChI is InChI=1S/C25H23N3O5/c1-30-21-13-17(14-22(31-2)25(21)32-3)9-10-24(29)26-23-15-20(18-11-12-33-16-18)27-28(23)19-7-5-4-6-8-19/h4-16H,1-3H3,(H,26,29)/b10-9+. The van der Waals surface area contributed by atoms with E-state index in [0.717, 1.165) is 16.8 Å². The number of methoxy groups -OCH3 is 3. The second-order valence-electron chi connectivity index (χ2n) is 6.96. The lowest BCUT2D eigenvalue weighted by atomic mass is 10.1. The average molecular weight is 445 g/mol. The summed E-state index contributed by atoms with van der Waals surface area (Å²) in [7, 11) is 4.62. The van der Waals surface area contributed by atoms with Crippen LogP contribution < -0.4 is 19.5 Å². The molecule has 0 bridgehead atoms. The fourth-order valence-electron chi connectivity index (χ4n) is 3.32. The highest BCUT2D eigenvalue weighted by atomic mass is 16.5. The summed E-state index contributed by atoms with van der Waals surface area (Å²) in [6.07, 6.45) is 6.28. The van der Waals surface area contributed by atoms with Crippen molar-refractivity contribution in [2.75, 3.05) is 26.6 Å². The lowest BCUT2D eigenvalue weighted by Gasteiger charge is -2.12. The number of para-hydroxylation sites is 1. The fraction of sp³-hybridized carbons (Fsp3) is 0.120. The van der Waals surface area contributed by atoms with Crippen LogP contribution in [0.4, 0.5) is 5.82 Å². The molecule has 0 fully saturated rings. The molecule has 0 unspecified atom stereocenters. The van der Waals surface area contributed by atoms with Crippen LogP contribution in [0.3, 0.4) is 0 Å². The van der Waals surface area contributed by atoms with Gasteiger partial charge in [0.05, 0.1) is 45.2 Å². The lowest BCUT2D eigenvalue weighted by Crippen LogP contribution is -2.12.